The molecule has 4 nitrogen and oxygen atoms in total. The van der Waals surface area contributed by atoms with Gasteiger partial charge in [-0.3, -0.25) is 4.79 Å². The highest BCUT2D eigenvalue weighted by molar-refractivity contribution is 7.14. The molecule has 0 aliphatic rings. The maximum absolute atomic E-state index is 12.4. The van der Waals surface area contributed by atoms with Crippen molar-refractivity contribution >= 4 is 39.7 Å². The Balaban J connectivity index is 1.52. The molecule has 3 rings (SSSR count). The summed E-state index contributed by atoms with van der Waals surface area (Å²) in [6, 6.07) is 17.7. The van der Waals surface area contributed by atoms with E-state index in [1.54, 1.807) is 5.38 Å². The first kappa shape index (κ1) is 18.4. The molecule has 0 spiro atoms. The number of thiazole rings is 1. The molecule has 1 heterocycles. The van der Waals surface area contributed by atoms with Crippen molar-refractivity contribution in [1.29, 1.82) is 0 Å². The molecule has 2 aromatic carbocycles. The van der Waals surface area contributed by atoms with Gasteiger partial charge in [0.1, 0.15) is 5.69 Å². The first-order valence-electron chi connectivity index (χ1n) is 8.43. The van der Waals surface area contributed by atoms with Crippen LogP contribution in [0.2, 0.25) is 5.02 Å². The molecule has 6 heteroatoms. The lowest BCUT2D eigenvalue weighted by Gasteiger charge is -2.12. The molecule has 1 amide bonds. The number of carbonyl (C=O) groups excluding carboxylic acids is 1. The second-order valence-corrected chi connectivity index (χ2v) is 7.37. The summed E-state index contributed by atoms with van der Waals surface area (Å²) in [5.74, 6) is -0.152. The monoisotopic (exact) mass is 385 g/mol. The Bertz CT molecular complexity index is 866. The number of anilines is 2. The molecule has 2 N–H and O–H groups in total. The van der Waals surface area contributed by atoms with Crippen LogP contribution in [0.3, 0.4) is 0 Å². The highest BCUT2D eigenvalue weighted by atomic mass is 35.5. The summed E-state index contributed by atoms with van der Waals surface area (Å²) in [6.07, 6.45) is 1.81. The van der Waals surface area contributed by atoms with Gasteiger partial charge in [0.15, 0.2) is 5.13 Å². The number of nitrogens with one attached hydrogen (secondary N) is 2. The van der Waals surface area contributed by atoms with Crippen LogP contribution >= 0.6 is 22.9 Å². The Morgan fingerprint density at radius 3 is 2.77 bits per heavy atom. The molecule has 1 unspecified atom stereocenters. The number of halogens is 1. The fraction of sp³-hybridized carbons (Fsp3) is 0.200. The van der Waals surface area contributed by atoms with Crippen LogP contribution < -0.4 is 10.6 Å². The van der Waals surface area contributed by atoms with E-state index in [-0.39, 0.29) is 11.9 Å². The zero-order chi connectivity index (χ0) is 18.4. The van der Waals surface area contributed by atoms with Crippen LogP contribution in [0.5, 0.6) is 0 Å². The van der Waals surface area contributed by atoms with E-state index in [1.165, 1.54) is 16.9 Å². The van der Waals surface area contributed by atoms with Crippen molar-refractivity contribution < 1.29 is 4.79 Å². The van der Waals surface area contributed by atoms with Gasteiger partial charge in [-0.1, -0.05) is 48.0 Å². The van der Waals surface area contributed by atoms with E-state index < -0.39 is 0 Å². The molecule has 0 radical (unpaired) electrons. The average Bonchev–Trinajstić information content (AvgIpc) is 3.09. The van der Waals surface area contributed by atoms with E-state index in [9.17, 15) is 4.79 Å². The number of rotatable bonds is 7. The second kappa shape index (κ2) is 8.83. The Kier molecular flexibility index (Phi) is 6.26. The number of hydrogen-bond donors (Lipinski definition) is 2. The number of nitrogens with zero attached hydrogens (tertiary/aromatic N) is 1. The van der Waals surface area contributed by atoms with Crippen LogP contribution in [0.4, 0.5) is 10.8 Å². The molecule has 0 saturated heterocycles. The normalized spacial score (nSPS) is 11.8. The van der Waals surface area contributed by atoms with Crippen molar-refractivity contribution in [3.05, 3.63) is 76.3 Å². The molecule has 26 heavy (non-hydrogen) atoms. The summed E-state index contributed by atoms with van der Waals surface area (Å²) in [7, 11) is 0. The summed E-state index contributed by atoms with van der Waals surface area (Å²) >= 11 is 7.37. The van der Waals surface area contributed by atoms with E-state index in [0.717, 1.165) is 18.5 Å². The van der Waals surface area contributed by atoms with Gasteiger partial charge < -0.3 is 10.6 Å². The minimum atomic E-state index is -0.152. The molecule has 1 aromatic heterocycles. The molecule has 0 fully saturated rings. The third-order valence-electron chi connectivity index (χ3n) is 3.90. The molecule has 3 aromatic rings. The first-order valence-corrected chi connectivity index (χ1v) is 9.69. The Hall–Kier alpha value is -2.37. The van der Waals surface area contributed by atoms with Gasteiger partial charge in [-0.15, -0.1) is 11.3 Å². The van der Waals surface area contributed by atoms with Crippen LogP contribution in [-0.4, -0.2) is 16.9 Å². The molecular weight excluding hydrogens is 366 g/mol. The molecule has 0 saturated carbocycles. The number of hydrogen-bond acceptors (Lipinski definition) is 4. The predicted octanol–water partition coefficient (Wildman–Crippen LogP) is 5.29. The van der Waals surface area contributed by atoms with Gasteiger partial charge in [-0.25, -0.2) is 4.98 Å². The standard InChI is InChI=1S/C20H20ClN3OS/c1-14(10-11-15-6-3-2-4-7-15)22-19(25)18-13-26-20(24-18)23-17-9-5-8-16(21)12-17/h2-9,12-14H,10-11H2,1H3,(H,22,25)(H,23,24). The third-order valence-corrected chi connectivity index (χ3v) is 4.89. The van der Waals surface area contributed by atoms with Crippen molar-refractivity contribution in [2.45, 2.75) is 25.8 Å². The van der Waals surface area contributed by atoms with Gasteiger partial charge in [0.25, 0.3) is 5.91 Å². The highest BCUT2D eigenvalue weighted by Gasteiger charge is 2.13. The number of amides is 1. The molecule has 0 aliphatic heterocycles. The van der Waals surface area contributed by atoms with E-state index in [0.29, 0.717) is 15.8 Å². The molecule has 0 aliphatic carbocycles. The van der Waals surface area contributed by atoms with Crippen LogP contribution in [0, 0.1) is 0 Å². The summed E-state index contributed by atoms with van der Waals surface area (Å²) in [4.78, 5) is 16.7. The minimum Gasteiger partial charge on any atom is -0.348 e. The average molecular weight is 386 g/mol. The van der Waals surface area contributed by atoms with E-state index >= 15 is 0 Å². The van der Waals surface area contributed by atoms with Crippen molar-refractivity contribution in [3.8, 4) is 0 Å². The highest BCUT2D eigenvalue weighted by Crippen LogP contribution is 2.23. The minimum absolute atomic E-state index is 0.0775. The van der Waals surface area contributed by atoms with Gasteiger partial charge >= 0.3 is 0 Å². The van der Waals surface area contributed by atoms with Gasteiger partial charge in [0, 0.05) is 22.1 Å². The summed E-state index contributed by atoms with van der Waals surface area (Å²) in [5.41, 5.74) is 2.54. The van der Waals surface area contributed by atoms with Gasteiger partial charge in [-0.2, -0.15) is 0 Å². The lowest BCUT2D eigenvalue weighted by Crippen LogP contribution is -2.33. The largest absolute Gasteiger partial charge is 0.348 e. The summed E-state index contributed by atoms with van der Waals surface area (Å²) in [5, 5.41) is 9.24. The van der Waals surface area contributed by atoms with Crippen molar-refractivity contribution in [1.82, 2.24) is 10.3 Å². The van der Waals surface area contributed by atoms with Crippen LogP contribution in [-0.2, 0) is 6.42 Å². The quantitative estimate of drug-likeness (QED) is 0.580. The van der Waals surface area contributed by atoms with Gasteiger partial charge in [0.05, 0.1) is 0 Å². The second-order valence-electron chi connectivity index (χ2n) is 6.07. The predicted molar refractivity (Wildman–Crippen MR) is 109 cm³/mol. The van der Waals surface area contributed by atoms with Crippen LogP contribution in [0.15, 0.2) is 60.0 Å². The first-order chi connectivity index (χ1) is 12.6. The van der Waals surface area contributed by atoms with Crippen molar-refractivity contribution in [2.75, 3.05) is 5.32 Å². The van der Waals surface area contributed by atoms with E-state index in [2.05, 4.69) is 27.8 Å². The van der Waals surface area contributed by atoms with Crippen molar-refractivity contribution in [3.63, 3.8) is 0 Å². The summed E-state index contributed by atoms with van der Waals surface area (Å²) in [6.45, 7) is 2.01. The fourth-order valence-corrected chi connectivity index (χ4v) is 3.42. The maximum atomic E-state index is 12.4. The third kappa shape index (κ3) is 5.31. The lowest BCUT2D eigenvalue weighted by atomic mass is 10.1. The van der Waals surface area contributed by atoms with Crippen molar-refractivity contribution in [2.24, 2.45) is 0 Å². The Morgan fingerprint density at radius 2 is 2.00 bits per heavy atom. The molecule has 0 bridgehead atoms. The van der Waals surface area contributed by atoms with Crippen LogP contribution in [0.1, 0.15) is 29.4 Å². The number of aryl methyl sites for hydroxylation is 1. The van der Waals surface area contributed by atoms with Gasteiger partial charge in [-0.05, 0) is 43.5 Å². The number of carbonyl (C=O) groups is 1. The zero-order valence-electron chi connectivity index (χ0n) is 14.4. The summed E-state index contributed by atoms with van der Waals surface area (Å²) < 4.78 is 0. The zero-order valence-corrected chi connectivity index (χ0v) is 16.0. The van der Waals surface area contributed by atoms with Gasteiger partial charge in [0.2, 0.25) is 0 Å². The fourth-order valence-electron chi connectivity index (χ4n) is 2.52. The maximum Gasteiger partial charge on any atom is 0.271 e. The molecule has 134 valence electrons. The smallest absolute Gasteiger partial charge is 0.271 e. The molecule has 1 atom stereocenters. The Labute approximate surface area is 162 Å². The van der Waals surface area contributed by atoms with E-state index in [4.69, 9.17) is 11.6 Å². The molecular formula is C20H20ClN3OS. The Morgan fingerprint density at radius 1 is 1.19 bits per heavy atom. The topological polar surface area (TPSA) is 54.0 Å². The van der Waals surface area contributed by atoms with Crippen LogP contribution in [0.25, 0.3) is 0 Å². The SMILES string of the molecule is CC(CCc1ccccc1)NC(=O)c1csc(Nc2cccc(Cl)c2)n1. The van der Waals surface area contributed by atoms with E-state index in [1.807, 2.05) is 49.4 Å². The number of aromatic nitrogens is 1. The lowest BCUT2D eigenvalue weighted by molar-refractivity contribution is 0.0934. The number of benzene rings is 2.